The number of hydrogen-bond donors (Lipinski definition) is 0. The van der Waals surface area contributed by atoms with Gasteiger partial charge in [0.15, 0.2) is 11.5 Å². The predicted molar refractivity (Wildman–Crippen MR) is 116 cm³/mol. The Balaban J connectivity index is 1.31. The highest BCUT2D eigenvalue weighted by molar-refractivity contribution is 5.94. The zero-order valence-corrected chi connectivity index (χ0v) is 17.1. The van der Waals surface area contributed by atoms with Crippen molar-refractivity contribution in [3.8, 4) is 11.3 Å². The average Bonchev–Trinajstić information content (AvgIpc) is 3.39. The fourth-order valence-electron chi connectivity index (χ4n) is 4.07. The lowest BCUT2D eigenvalue weighted by molar-refractivity contribution is 0.0736. The Morgan fingerprint density at radius 2 is 1.77 bits per heavy atom. The van der Waals surface area contributed by atoms with Crippen molar-refractivity contribution in [1.29, 1.82) is 0 Å². The number of benzene rings is 2. The van der Waals surface area contributed by atoms with Crippen molar-refractivity contribution in [3.05, 3.63) is 66.0 Å². The zero-order chi connectivity index (χ0) is 20.7. The summed E-state index contributed by atoms with van der Waals surface area (Å²) in [5, 5.41) is 9.61. The third kappa shape index (κ3) is 3.22. The SMILES string of the molecule is Cc1nn(C)c2cc(-c3cc(C(=O)N4CCN(c5ccccc5)CC4)no3)ccc12. The van der Waals surface area contributed by atoms with Gasteiger partial charge in [0.1, 0.15) is 0 Å². The van der Waals surface area contributed by atoms with Gasteiger partial charge in [-0.1, -0.05) is 35.5 Å². The molecule has 1 aliphatic heterocycles. The maximum Gasteiger partial charge on any atom is 0.276 e. The number of nitrogens with zero attached hydrogens (tertiary/aromatic N) is 5. The van der Waals surface area contributed by atoms with Crippen LogP contribution < -0.4 is 4.90 Å². The number of aryl methyl sites for hydroxylation is 2. The number of carbonyl (C=O) groups excluding carboxylic acids is 1. The van der Waals surface area contributed by atoms with Crippen LogP contribution in [0.15, 0.2) is 59.1 Å². The minimum Gasteiger partial charge on any atom is -0.368 e. The average molecular weight is 401 g/mol. The van der Waals surface area contributed by atoms with E-state index in [9.17, 15) is 4.79 Å². The van der Waals surface area contributed by atoms with Gasteiger partial charge in [0.2, 0.25) is 0 Å². The number of rotatable bonds is 3. The molecule has 0 bridgehead atoms. The lowest BCUT2D eigenvalue weighted by atomic mass is 10.1. The Labute approximate surface area is 174 Å². The molecule has 4 aromatic rings. The molecule has 1 amide bonds. The van der Waals surface area contributed by atoms with Gasteiger partial charge in [-0.05, 0) is 25.1 Å². The van der Waals surface area contributed by atoms with Gasteiger partial charge in [-0.25, -0.2) is 0 Å². The molecule has 0 atom stereocenters. The van der Waals surface area contributed by atoms with Crippen molar-refractivity contribution in [2.45, 2.75) is 6.92 Å². The second-order valence-electron chi connectivity index (χ2n) is 7.63. The van der Waals surface area contributed by atoms with E-state index in [-0.39, 0.29) is 5.91 Å². The number of anilines is 1. The predicted octanol–water partition coefficient (Wildman–Crippen LogP) is 3.50. The summed E-state index contributed by atoms with van der Waals surface area (Å²) in [6.07, 6.45) is 0. The van der Waals surface area contributed by atoms with Crippen LogP contribution in [0.5, 0.6) is 0 Å². The Hall–Kier alpha value is -3.61. The van der Waals surface area contributed by atoms with Crippen LogP contribution in [0.25, 0.3) is 22.2 Å². The van der Waals surface area contributed by atoms with Gasteiger partial charge < -0.3 is 14.3 Å². The van der Waals surface area contributed by atoms with Gasteiger partial charge in [-0.2, -0.15) is 5.10 Å². The molecule has 0 saturated carbocycles. The molecule has 7 heteroatoms. The summed E-state index contributed by atoms with van der Waals surface area (Å²) in [5.74, 6) is 0.497. The first kappa shape index (κ1) is 18.4. The van der Waals surface area contributed by atoms with Crippen molar-refractivity contribution in [1.82, 2.24) is 19.8 Å². The van der Waals surface area contributed by atoms with Gasteiger partial charge in [-0.15, -0.1) is 0 Å². The maximum absolute atomic E-state index is 12.9. The molecule has 1 saturated heterocycles. The first-order chi connectivity index (χ1) is 14.6. The Bertz CT molecular complexity index is 1200. The lowest BCUT2D eigenvalue weighted by Crippen LogP contribution is -2.48. The van der Waals surface area contributed by atoms with E-state index < -0.39 is 0 Å². The Morgan fingerprint density at radius 1 is 1.00 bits per heavy atom. The van der Waals surface area contributed by atoms with Crippen LogP contribution >= 0.6 is 0 Å². The van der Waals surface area contributed by atoms with Crippen LogP contribution in [0.1, 0.15) is 16.2 Å². The van der Waals surface area contributed by atoms with Crippen molar-refractivity contribution in [3.63, 3.8) is 0 Å². The molecule has 0 aliphatic carbocycles. The first-order valence-corrected chi connectivity index (χ1v) is 10.1. The second kappa shape index (κ2) is 7.33. The molecule has 1 fully saturated rings. The number of amides is 1. The quantitative estimate of drug-likeness (QED) is 0.526. The summed E-state index contributed by atoms with van der Waals surface area (Å²) in [7, 11) is 1.92. The van der Waals surface area contributed by atoms with Gasteiger partial charge in [0.25, 0.3) is 5.91 Å². The van der Waals surface area contributed by atoms with E-state index in [2.05, 4.69) is 27.3 Å². The molecule has 2 aromatic carbocycles. The van der Waals surface area contributed by atoms with E-state index in [0.717, 1.165) is 35.2 Å². The molecule has 30 heavy (non-hydrogen) atoms. The van der Waals surface area contributed by atoms with Gasteiger partial charge in [0.05, 0.1) is 11.2 Å². The summed E-state index contributed by atoms with van der Waals surface area (Å²) < 4.78 is 7.36. The molecule has 0 unspecified atom stereocenters. The summed E-state index contributed by atoms with van der Waals surface area (Å²) in [5.41, 5.74) is 4.42. The largest absolute Gasteiger partial charge is 0.368 e. The zero-order valence-electron chi connectivity index (χ0n) is 17.1. The fourth-order valence-corrected chi connectivity index (χ4v) is 4.07. The second-order valence-corrected chi connectivity index (χ2v) is 7.63. The van der Waals surface area contributed by atoms with Crippen LogP contribution in [-0.2, 0) is 7.05 Å². The summed E-state index contributed by atoms with van der Waals surface area (Å²) >= 11 is 0. The lowest BCUT2D eigenvalue weighted by Gasteiger charge is -2.35. The van der Waals surface area contributed by atoms with Crippen molar-refractivity contribution >= 4 is 22.5 Å². The minimum atomic E-state index is -0.0878. The van der Waals surface area contributed by atoms with Crippen LogP contribution in [0.3, 0.4) is 0 Å². The van der Waals surface area contributed by atoms with Crippen LogP contribution in [0, 0.1) is 6.92 Å². The van der Waals surface area contributed by atoms with E-state index >= 15 is 0 Å². The summed E-state index contributed by atoms with van der Waals surface area (Å²) in [4.78, 5) is 17.1. The molecule has 1 aliphatic rings. The molecular formula is C23H23N5O2. The van der Waals surface area contributed by atoms with E-state index in [1.165, 1.54) is 5.69 Å². The highest BCUT2D eigenvalue weighted by Crippen LogP contribution is 2.27. The standard InChI is InChI=1S/C23H23N5O2/c1-16-19-9-8-17(14-21(19)26(2)24-16)22-15-20(25-30-22)23(29)28-12-10-27(11-13-28)18-6-4-3-5-7-18/h3-9,14-15H,10-13H2,1-2H3. The number of hydrogen-bond acceptors (Lipinski definition) is 5. The highest BCUT2D eigenvalue weighted by Gasteiger charge is 2.25. The van der Waals surface area contributed by atoms with E-state index in [4.69, 9.17) is 4.52 Å². The molecule has 5 rings (SSSR count). The highest BCUT2D eigenvalue weighted by atomic mass is 16.5. The summed E-state index contributed by atoms with van der Waals surface area (Å²) in [6, 6.07) is 18.0. The topological polar surface area (TPSA) is 67.4 Å². The number of piperazine rings is 1. The smallest absolute Gasteiger partial charge is 0.276 e. The number of fused-ring (bicyclic) bond motifs is 1. The number of aromatic nitrogens is 3. The molecule has 2 aromatic heterocycles. The van der Waals surface area contributed by atoms with Crippen LogP contribution in [0.4, 0.5) is 5.69 Å². The maximum atomic E-state index is 12.9. The molecule has 3 heterocycles. The van der Waals surface area contributed by atoms with Gasteiger partial charge in [-0.3, -0.25) is 9.48 Å². The van der Waals surface area contributed by atoms with E-state index in [0.29, 0.717) is 24.5 Å². The van der Waals surface area contributed by atoms with Crippen molar-refractivity contribution in [2.75, 3.05) is 31.1 Å². The number of para-hydroxylation sites is 1. The Morgan fingerprint density at radius 3 is 2.53 bits per heavy atom. The first-order valence-electron chi connectivity index (χ1n) is 10.1. The third-order valence-electron chi connectivity index (χ3n) is 5.74. The molecular weight excluding hydrogens is 378 g/mol. The van der Waals surface area contributed by atoms with Crippen LogP contribution in [-0.4, -0.2) is 51.9 Å². The number of carbonyl (C=O) groups is 1. The third-order valence-corrected chi connectivity index (χ3v) is 5.74. The fraction of sp³-hybridized carbons (Fsp3) is 0.261. The van der Waals surface area contributed by atoms with Crippen LogP contribution in [0.2, 0.25) is 0 Å². The van der Waals surface area contributed by atoms with Gasteiger partial charge >= 0.3 is 0 Å². The normalized spacial score (nSPS) is 14.5. The summed E-state index contributed by atoms with van der Waals surface area (Å²) in [6.45, 7) is 4.92. The minimum absolute atomic E-state index is 0.0878. The van der Waals surface area contributed by atoms with Crippen molar-refractivity contribution in [2.24, 2.45) is 7.05 Å². The molecule has 152 valence electrons. The monoisotopic (exact) mass is 401 g/mol. The Kier molecular flexibility index (Phi) is 4.50. The molecule has 0 spiro atoms. The molecule has 7 nitrogen and oxygen atoms in total. The molecule has 0 N–H and O–H groups in total. The van der Waals surface area contributed by atoms with Gasteiger partial charge in [0, 0.05) is 55.9 Å². The molecule has 0 radical (unpaired) electrons. The van der Waals surface area contributed by atoms with E-state index in [1.54, 1.807) is 6.07 Å². The van der Waals surface area contributed by atoms with Crippen molar-refractivity contribution < 1.29 is 9.32 Å². The van der Waals surface area contributed by atoms with E-state index in [1.807, 2.05) is 60.0 Å².